The normalized spacial score (nSPS) is 27.8. The molecule has 0 heterocycles. The summed E-state index contributed by atoms with van der Waals surface area (Å²) < 4.78 is 5.72. The molecule has 3 rings (SSSR count). The van der Waals surface area contributed by atoms with Gasteiger partial charge in [-0.1, -0.05) is 57.4 Å². The summed E-state index contributed by atoms with van der Waals surface area (Å²) in [7, 11) is 0. The van der Waals surface area contributed by atoms with Gasteiger partial charge in [-0.05, 0) is 93.2 Å². The zero-order valence-electron chi connectivity index (χ0n) is 18.6. The van der Waals surface area contributed by atoms with Gasteiger partial charge < -0.3 is 4.74 Å². The van der Waals surface area contributed by atoms with Crippen molar-refractivity contribution >= 4 is 5.97 Å². The highest BCUT2D eigenvalue weighted by atomic mass is 16.5. The van der Waals surface area contributed by atoms with Crippen molar-refractivity contribution in [1.29, 1.82) is 0 Å². The first-order valence-corrected chi connectivity index (χ1v) is 12.2. The number of ether oxygens (including phenoxy) is 1. The molecule has 0 radical (unpaired) electrons. The predicted octanol–water partition coefficient (Wildman–Crippen LogP) is 7.83. The van der Waals surface area contributed by atoms with E-state index in [0.717, 1.165) is 24.7 Å². The first-order valence-electron chi connectivity index (χ1n) is 12.2. The Morgan fingerprint density at radius 2 is 1.62 bits per heavy atom. The molecule has 2 heteroatoms. The van der Waals surface area contributed by atoms with Gasteiger partial charge >= 0.3 is 5.97 Å². The van der Waals surface area contributed by atoms with E-state index < -0.39 is 0 Å². The van der Waals surface area contributed by atoms with Crippen molar-refractivity contribution in [2.45, 2.75) is 96.8 Å². The minimum absolute atomic E-state index is 0.0212. The van der Waals surface area contributed by atoms with Gasteiger partial charge in [-0.3, -0.25) is 4.79 Å². The lowest BCUT2D eigenvalue weighted by atomic mass is 9.78. The Bertz CT molecular complexity index is 629. The maximum Gasteiger partial charge on any atom is 0.314 e. The van der Waals surface area contributed by atoms with Crippen LogP contribution in [0.1, 0.15) is 102 Å². The van der Waals surface area contributed by atoms with Crippen LogP contribution >= 0.6 is 0 Å². The Morgan fingerprint density at radius 3 is 2.24 bits per heavy atom. The summed E-state index contributed by atoms with van der Waals surface area (Å²) in [6.07, 6.45) is 19.3. The number of esters is 1. The van der Waals surface area contributed by atoms with Crippen LogP contribution in [0.5, 0.6) is 5.75 Å². The highest BCUT2D eigenvalue weighted by molar-refractivity contribution is 5.75. The SMILES string of the molecule is CCC/C=C/C1CCC(c2ccc(OC(=O)C3CCC(CCC)CC3)cc2)CC1. The lowest BCUT2D eigenvalue weighted by Crippen LogP contribution is -2.25. The standard InChI is InChI=1S/C27H40O2/c1-3-5-6-8-22-9-13-23(14-10-22)24-17-19-26(20-18-24)29-27(28)25-15-11-21(7-4-2)12-16-25/h6,8,17-23,25H,3-5,7,9-16H2,1-2H3/b8-6+. The molecule has 160 valence electrons. The van der Waals surface area contributed by atoms with Gasteiger partial charge in [0, 0.05) is 0 Å². The average molecular weight is 397 g/mol. The third-order valence-electron chi connectivity index (χ3n) is 7.08. The Morgan fingerprint density at radius 1 is 0.931 bits per heavy atom. The summed E-state index contributed by atoms with van der Waals surface area (Å²) in [4.78, 5) is 12.5. The summed E-state index contributed by atoms with van der Waals surface area (Å²) in [5.41, 5.74) is 1.40. The molecule has 0 atom stereocenters. The fraction of sp³-hybridized carbons (Fsp3) is 0.667. The third-order valence-corrected chi connectivity index (χ3v) is 7.08. The average Bonchev–Trinajstić information content (AvgIpc) is 2.76. The highest BCUT2D eigenvalue weighted by Crippen LogP contribution is 2.37. The van der Waals surface area contributed by atoms with Gasteiger partial charge in [-0.2, -0.15) is 0 Å². The molecule has 0 N–H and O–H groups in total. The number of hydrogen-bond acceptors (Lipinski definition) is 2. The molecule has 0 bridgehead atoms. The zero-order valence-corrected chi connectivity index (χ0v) is 18.6. The van der Waals surface area contributed by atoms with Gasteiger partial charge in [0.1, 0.15) is 5.75 Å². The van der Waals surface area contributed by atoms with Crippen LogP contribution < -0.4 is 4.74 Å². The van der Waals surface area contributed by atoms with Crippen LogP contribution in [0, 0.1) is 17.8 Å². The zero-order chi connectivity index (χ0) is 20.5. The molecule has 0 aliphatic heterocycles. The highest BCUT2D eigenvalue weighted by Gasteiger charge is 2.27. The maximum absolute atomic E-state index is 12.5. The summed E-state index contributed by atoms with van der Waals surface area (Å²) in [5, 5.41) is 0. The van der Waals surface area contributed by atoms with Crippen LogP contribution in [0.2, 0.25) is 0 Å². The monoisotopic (exact) mass is 396 g/mol. The van der Waals surface area contributed by atoms with Gasteiger partial charge in [0.15, 0.2) is 0 Å². The van der Waals surface area contributed by atoms with Gasteiger partial charge in [0.2, 0.25) is 0 Å². The number of allylic oxidation sites excluding steroid dienone is 2. The molecule has 0 amide bonds. The van der Waals surface area contributed by atoms with Gasteiger partial charge in [-0.15, -0.1) is 0 Å². The molecule has 2 aliphatic rings. The van der Waals surface area contributed by atoms with Gasteiger partial charge in [0.25, 0.3) is 0 Å². The molecule has 2 nitrogen and oxygen atoms in total. The molecule has 2 aliphatic carbocycles. The minimum Gasteiger partial charge on any atom is -0.426 e. The van der Waals surface area contributed by atoms with Gasteiger partial charge in [-0.25, -0.2) is 0 Å². The van der Waals surface area contributed by atoms with Crippen LogP contribution in [0.15, 0.2) is 36.4 Å². The van der Waals surface area contributed by atoms with Crippen molar-refractivity contribution in [2.24, 2.45) is 17.8 Å². The van der Waals surface area contributed by atoms with Crippen molar-refractivity contribution in [3.8, 4) is 5.75 Å². The van der Waals surface area contributed by atoms with Crippen LogP contribution in [0.25, 0.3) is 0 Å². The third kappa shape index (κ3) is 6.73. The Balaban J connectivity index is 1.44. The van der Waals surface area contributed by atoms with Gasteiger partial charge in [0.05, 0.1) is 5.92 Å². The molecule has 1 aromatic carbocycles. The molecule has 0 spiro atoms. The van der Waals surface area contributed by atoms with Crippen molar-refractivity contribution in [2.75, 3.05) is 0 Å². The molecule has 29 heavy (non-hydrogen) atoms. The molecule has 0 saturated heterocycles. The van der Waals surface area contributed by atoms with Crippen molar-refractivity contribution in [3.63, 3.8) is 0 Å². The number of carbonyl (C=O) groups excluding carboxylic acids is 1. The van der Waals surface area contributed by atoms with Crippen LogP contribution in [-0.4, -0.2) is 5.97 Å². The topological polar surface area (TPSA) is 26.3 Å². The number of benzene rings is 1. The fourth-order valence-electron chi connectivity index (χ4n) is 5.20. The van der Waals surface area contributed by atoms with E-state index in [1.54, 1.807) is 0 Å². The Hall–Kier alpha value is -1.57. The molecular weight excluding hydrogens is 356 g/mol. The second-order valence-electron chi connectivity index (χ2n) is 9.32. The van der Waals surface area contributed by atoms with Crippen molar-refractivity contribution in [1.82, 2.24) is 0 Å². The summed E-state index contributed by atoms with van der Waals surface area (Å²) >= 11 is 0. The van der Waals surface area contributed by atoms with Crippen molar-refractivity contribution < 1.29 is 9.53 Å². The Kier molecular flexibility index (Phi) is 8.83. The quantitative estimate of drug-likeness (QED) is 0.254. The predicted molar refractivity (Wildman–Crippen MR) is 121 cm³/mol. The van der Waals surface area contributed by atoms with E-state index in [-0.39, 0.29) is 11.9 Å². The molecule has 1 aromatic rings. The van der Waals surface area contributed by atoms with Crippen LogP contribution in [0.3, 0.4) is 0 Å². The molecular formula is C27H40O2. The second-order valence-corrected chi connectivity index (χ2v) is 9.32. The first kappa shape index (κ1) is 22.1. The smallest absolute Gasteiger partial charge is 0.314 e. The number of rotatable bonds is 8. The van der Waals surface area contributed by atoms with E-state index in [2.05, 4.69) is 38.1 Å². The fourth-order valence-corrected chi connectivity index (χ4v) is 5.20. The van der Waals surface area contributed by atoms with Crippen LogP contribution in [-0.2, 0) is 4.79 Å². The summed E-state index contributed by atoms with van der Waals surface area (Å²) in [6, 6.07) is 8.36. The second kappa shape index (κ2) is 11.6. The summed E-state index contributed by atoms with van der Waals surface area (Å²) in [6.45, 7) is 4.49. The lowest BCUT2D eigenvalue weighted by Gasteiger charge is -2.27. The van der Waals surface area contributed by atoms with E-state index in [1.807, 2.05) is 12.1 Å². The lowest BCUT2D eigenvalue weighted by molar-refractivity contribution is -0.140. The van der Waals surface area contributed by atoms with Crippen molar-refractivity contribution in [3.05, 3.63) is 42.0 Å². The number of hydrogen-bond donors (Lipinski definition) is 0. The molecule has 2 fully saturated rings. The first-order chi connectivity index (χ1) is 14.2. The maximum atomic E-state index is 12.5. The molecule has 0 unspecified atom stereocenters. The Labute approximate surface area is 178 Å². The van der Waals surface area contributed by atoms with E-state index in [4.69, 9.17) is 4.74 Å². The number of unbranched alkanes of at least 4 members (excludes halogenated alkanes) is 1. The molecule has 2 saturated carbocycles. The van der Waals surface area contributed by atoms with E-state index in [0.29, 0.717) is 11.7 Å². The molecule has 0 aromatic heterocycles. The van der Waals surface area contributed by atoms with E-state index in [1.165, 1.54) is 69.8 Å². The van der Waals surface area contributed by atoms with E-state index in [9.17, 15) is 4.79 Å². The number of carbonyl (C=O) groups is 1. The van der Waals surface area contributed by atoms with E-state index >= 15 is 0 Å². The van der Waals surface area contributed by atoms with Crippen LogP contribution in [0.4, 0.5) is 0 Å². The largest absolute Gasteiger partial charge is 0.426 e. The minimum atomic E-state index is -0.0212. The summed E-state index contributed by atoms with van der Waals surface area (Å²) in [5.74, 6) is 3.03.